The molecule has 2 aliphatic heterocycles. The van der Waals surface area contributed by atoms with Crippen LogP contribution in [0.15, 0.2) is 47.0 Å². The maximum absolute atomic E-state index is 13.3. The molecule has 0 bridgehead atoms. The van der Waals surface area contributed by atoms with Gasteiger partial charge in [-0.1, -0.05) is 25.9 Å². The molecule has 2 saturated heterocycles. The largest absolute Gasteiger partial charge is 0.378 e. The van der Waals surface area contributed by atoms with Crippen molar-refractivity contribution in [2.24, 2.45) is 0 Å². The van der Waals surface area contributed by atoms with Gasteiger partial charge in [0.05, 0.1) is 26.4 Å². The van der Waals surface area contributed by atoms with Crippen LogP contribution >= 0.6 is 0 Å². The molecule has 0 aliphatic carbocycles. The van der Waals surface area contributed by atoms with Gasteiger partial charge in [0.15, 0.2) is 5.82 Å². The first kappa shape index (κ1) is 27.4. The summed E-state index contributed by atoms with van der Waals surface area (Å²) in [6, 6.07) is 11.8. The van der Waals surface area contributed by atoms with Crippen molar-refractivity contribution in [2.75, 3.05) is 78.4 Å². The molecule has 0 radical (unpaired) electrons. The smallest absolute Gasteiger partial charge is 0.324 e. The van der Waals surface area contributed by atoms with E-state index in [0.717, 1.165) is 37.8 Å². The summed E-state index contributed by atoms with van der Waals surface area (Å²) >= 11 is 0. The molecule has 1 aromatic carbocycles. The number of rotatable bonds is 6. The number of anilines is 5. The molecule has 2 fully saturated rings. The van der Waals surface area contributed by atoms with Crippen LogP contribution < -0.4 is 25.8 Å². The van der Waals surface area contributed by atoms with E-state index in [9.17, 15) is 9.59 Å². The SMILES string of the molecule is CC(C)(C)c1cc(NC(=O)Nc2ccc(NC(=O)c3cc(N4CCOCC4)nc(N4CCOCC4)c3)cc2)no1. The highest BCUT2D eigenvalue weighted by Crippen LogP contribution is 2.26. The minimum Gasteiger partial charge on any atom is -0.378 e. The molecule has 4 heterocycles. The Hall–Kier alpha value is -4.16. The number of amides is 3. The third-order valence-electron chi connectivity index (χ3n) is 6.62. The van der Waals surface area contributed by atoms with Crippen LogP contribution in [0.2, 0.25) is 0 Å². The molecule has 0 spiro atoms. The third kappa shape index (κ3) is 6.88. The van der Waals surface area contributed by atoms with Crippen LogP contribution in [-0.4, -0.2) is 74.7 Å². The molecule has 40 heavy (non-hydrogen) atoms. The van der Waals surface area contributed by atoms with Gasteiger partial charge in [0.25, 0.3) is 5.91 Å². The molecule has 3 aromatic rings. The van der Waals surface area contributed by atoms with E-state index in [1.165, 1.54) is 0 Å². The van der Waals surface area contributed by atoms with Crippen LogP contribution in [0.1, 0.15) is 36.9 Å². The van der Waals surface area contributed by atoms with Gasteiger partial charge in [-0.15, -0.1) is 0 Å². The molecule has 0 atom stereocenters. The Kier molecular flexibility index (Phi) is 8.17. The van der Waals surface area contributed by atoms with Gasteiger partial charge in [-0.05, 0) is 36.4 Å². The Balaban J connectivity index is 1.24. The lowest BCUT2D eigenvalue weighted by Crippen LogP contribution is -2.39. The number of nitrogens with zero attached hydrogens (tertiary/aromatic N) is 4. The van der Waals surface area contributed by atoms with E-state index in [4.69, 9.17) is 19.0 Å². The summed E-state index contributed by atoms with van der Waals surface area (Å²) in [7, 11) is 0. The number of hydrogen-bond acceptors (Lipinski definition) is 9. The zero-order valence-corrected chi connectivity index (χ0v) is 23.0. The standard InChI is InChI=1S/C28H35N7O5/c1-28(2,3)22-18-23(33-40-22)31-27(37)30-21-6-4-20(5-7-21)29-26(36)19-16-24(34-8-12-38-13-9-34)32-25(17-19)35-10-14-39-15-11-35/h4-7,16-18H,8-15H2,1-3H3,(H,29,36)(H2,30,31,33,37). The van der Waals surface area contributed by atoms with E-state index in [1.807, 2.05) is 32.9 Å². The lowest BCUT2D eigenvalue weighted by molar-refractivity contribution is 0.102. The van der Waals surface area contributed by atoms with Crippen LogP contribution in [0.3, 0.4) is 0 Å². The van der Waals surface area contributed by atoms with Crippen molar-refractivity contribution in [3.63, 3.8) is 0 Å². The second-order valence-corrected chi connectivity index (χ2v) is 10.7. The predicted octanol–water partition coefficient (Wildman–Crippen LogP) is 3.94. The van der Waals surface area contributed by atoms with Gasteiger partial charge >= 0.3 is 6.03 Å². The van der Waals surface area contributed by atoms with Gasteiger partial charge in [0.2, 0.25) is 0 Å². The maximum atomic E-state index is 13.3. The van der Waals surface area contributed by atoms with E-state index >= 15 is 0 Å². The normalized spacial score (nSPS) is 16.0. The van der Waals surface area contributed by atoms with Gasteiger partial charge in [-0.25, -0.2) is 9.78 Å². The molecule has 3 amide bonds. The monoisotopic (exact) mass is 549 g/mol. The summed E-state index contributed by atoms with van der Waals surface area (Å²) in [5.41, 5.74) is 1.46. The molecule has 5 rings (SSSR count). The van der Waals surface area contributed by atoms with Gasteiger partial charge in [-0.2, -0.15) is 0 Å². The molecular formula is C28H35N7O5. The number of pyridine rings is 1. The topological polar surface area (TPSA) is 134 Å². The third-order valence-corrected chi connectivity index (χ3v) is 6.62. The van der Waals surface area contributed by atoms with Gasteiger partial charge in [0, 0.05) is 54.6 Å². The second-order valence-electron chi connectivity index (χ2n) is 10.7. The fraction of sp³-hybridized carbons (Fsp3) is 0.429. The molecular weight excluding hydrogens is 514 g/mol. The molecule has 0 saturated carbocycles. The minimum atomic E-state index is -0.450. The van der Waals surface area contributed by atoms with Crippen molar-refractivity contribution < 1.29 is 23.6 Å². The number of carbonyl (C=O) groups excluding carboxylic acids is 2. The molecule has 3 N–H and O–H groups in total. The van der Waals surface area contributed by atoms with E-state index in [0.29, 0.717) is 54.9 Å². The van der Waals surface area contributed by atoms with Crippen LogP contribution in [0.4, 0.5) is 33.6 Å². The van der Waals surface area contributed by atoms with Crippen molar-refractivity contribution in [3.8, 4) is 0 Å². The number of morpholine rings is 2. The molecule has 12 heteroatoms. The van der Waals surface area contributed by atoms with Crippen molar-refractivity contribution in [3.05, 3.63) is 53.8 Å². The Labute approximate surface area is 233 Å². The molecule has 2 aliphatic rings. The fourth-order valence-electron chi connectivity index (χ4n) is 4.35. The zero-order chi connectivity index (χ0) is 28.1. The zero-order valence-electron chi connectivity index (χ0n) is 23.0. The van der Waals surface area contributed by atoms with Crippen molar-refractivity contribution in [1.82, 2.24) is 10.1 Å². The summed E-state index contributed by atoms with van der Waals surface area (Å²) < 4.78 is 16.3. The van der Waals surface area contributed by atoms with Crippen molar-refractivity contribution >= 4 is 40.8 Å². The highest BCUT2D eigenvalue weighted by molar-refractivity contribution is 6.05. The Morgan fingerprint density at radius 2 is 1.30 bits per heavy atom. The van der Waals surface area contributed by atoms with Gasteiger partial charge in [-0.3, -0.25) is 10.1 Å². The van der Waals surface area contributed by atoms with Crippen LogP contribution in [0.5, 0.6) is 0 Å². The van der Waals surface area contributed by atoms with Gasteiger partial charge < -0.3 is 34.4 Å². The van der Waals surface area contributed by atoms with Crippen molar-refractivity contribution in [1.29, 1.82) is 0 Å². The van der Waals surface area contributed by atoms with Crippen LogP contribution in [0, 0.1) is 0 Å². The average Bonchev–Trinajstić information content (AvgIpc) is 3.44. The van der Waals surface area contributed by atoms with E-state index in [-0.39, 0.29) is 11.3 Å². The summed E-state index contributed by atoms with van der Waals surface area (Å²) in [5, 5.41) is 12.3. The number of hydrogen-bond donors (Lipinski definition) is 3. The number of ether oxygens (including phenoxy) is 2. The molecule has 2 aromatic heterocycles. The van der Waals surface area contributed by atoms with E-state index < -0.39 is 6.03 Å². The average molecular weight is 550 g/mol. The first-order valence-corrected chi connectivity index (χ1v) is 13.4. The maximum Gasteiger partial charge on any atom is 0.324 e. The number of aromatic nitrogens is 2. The summed E-state index contributed by atoms with van der Waals surface area (Å²) in [6.07, 6.45) is 0. The predicted molar refractivity (Wildman–Crippen MR) is 153 cm³/mol. The van der Waals surface area contributed by atoms with E-state index in [1.54, 1.807) is 30.3 Å². The number of nitrogens with one attached hydrogen (secondary N) is 3. The Bertz CT molecular complexity index is 1290. The lowest BCUT2D eigenvalue weighted by atomic mass is 9.93. The molecule has 12 nitrogen and oxygen atoms in total. The number of urea groups is 1. The molecule has 212 valence electrons. The first-order valence-electron chi connectivity index (χ1n) is 13.4. The summed E-state index contributed by atoms with van der Waals surface area (Å²) in [4.78, 5) is 34.8. The minimum absolute atomic E-state index is 0.214. The quantitative estimate of drug-likeness (QED) is 0.418. The fourth-order valence-corrected chi connectivity index (χ4v) is 4.35. The Morgan fingerprint density at radius 1 is 0.775 bits per heavy atom. The van der Waals surface area contributed by atoms with Crippen LogP contribution in [-0.2, 0) is 14.9 Å². The lowest BCUT2D eigenvalue weighted by Gasteiger charge is -2.31. The van der Waals surface area contributed by atoms with Crippen molar-refractivity contribution in [2.45, 2.75) is 26.2 Å². The van der Waals surface area contributed by atoms with E-state index in [2.05, 4.69) is 30.9 Å². The van der Waals surface area contributed by atoms with Gasteiger partial charge in [0.1, 0.15) is 17.4 Å². The highest BCUT2D eigenvalue weighted by Gasteiger charge is 2.22. The summed E-state index contributed by atoms with van der Waals surface area (Å²) in [5.74, 6) is 2.27. The van der Waals surface area contributed by atoms with Crippen LogP contribution in [0.25, 0.3) is 0 Å². The first-order chi connectivity index (χ1) is 19.2. The second kappa shape index (κ2) is 11.9. The Morgan fingerprint density at radius 3 is 1.80 bits per heavy atom. The highest BCUT2D eigenvalue weighted by atomic mass is 16.5. The summed E-state index contributed by atoms with van der Waals surface area (Å²) in [6.45, 7) is 11.4. The molecule has 0 unspecified atom stereocenters. The number of benzene rings is 1. The number of carbonyl (C=O) groups is 2.